The van der Waals surface area contributed by atoms with Crippen LogP contribution in [0.5, 0.6) is 11.5 Å². The predicted molar refractivity (Wildman–Crippen MR) is 145 cm³/mol. The summed E-state index contributed by atoms with van der Waals surface area (Å²) in [5.74, 6) is 0.187. The molecule has 3 unspecified atom stereocenters. The number of cyclic esters (lactones) is 1. The lowest BCUT2D eigenvalue weighted by Gasteiger charge is -2.34. The van der Waals surface area contributed by atoms with Crippen LogP contribution in [0.3, 0.4) is 0 Å². The summed E-state index contributed by atoms with van der Waals surface area (Å²) in [5.41, 5.74) is 0.198. The number of hydrogen-bond donors (Lipinski definition) is 1. The third kappa shape index (κ3) is 10.8. The highest BCUT2D eigenvalue weighted by molar-refractivity contribution is 5.73. The Kier molecular flexibility index (Phi) is 14.4. The molecule has 2 heterocycles. The summed E-state index contributed by atoms with van der Waals surface area (Å²) in [4.78, 5) is 26.5. The van der Waals surface area contributed by atoms with Crippen LogP contribution in [0.25, 0.3) is 0 Å². The molecule has 8 heteroatoms. The van der Waals surface area contributed by atoms with Crippen molar-refractivity contribution in [2.45, 2.75) is 117 Å². The van der Waals surface area contributed by atoms with Gasteiger partial charge in [-0.3, -0.25) is 9.69 Å². The number of hydrogen-bond acceptors (Lipinski definition) is 7. The summed E-state index contributed by atoms with van der Waals surface area (Å²) in [7, 11) is 1.63. The van der Waals surface area contributed by atoms with Crippen LogP contribution in [0.2, 0.25) is 0 Å². The molecule has 0 aromatic heterocycles. The fraction of sp³-hybridized carbons (Fsp3) is 0.724. The number of likely N-dealkylation sites (tertiary alicyclic amines) is 1. The average molecular weight is 524 g/mol. The number of rotatable bonds is 7. The molecule has 212 valence electrons. The predicted octanol–water partition coefficient (Wildman–Crippen LogP) is 6.79. The van der Waals surface area contributed by atoms with Gasteiger partial charge in [0, 0.05) is 26.6 Å². The van der Waals surface area contributed by atoms with Gasteiger partial charge in [0.15, 0.2) is 11.5 Å². The van der Waals surface area contributed by atoms with Crippen molar-refractivity contribution < 1.29 is 33.6 Å². The van der Waals surface area contributed by atoms with Crippen LogP contribution < -0.4 is 4.74 Å². The average Bonchev–Trinajstić information content (AvgIpc) is 3.44. The highest BCUT2D eigenvalue weighted by atomic mass is 16.6. The minimum absolute atomic E-state index is 0.0456. The first-order valence-electron chi connectivity index (χ1n) is 13.7. The highest BCUT2D eigenvalue weighted by Crippen LogP contribution is 2.43. The van der Waals surface area contributed by atoms with Gasteiger partial charge in [-0.05, 0) is 57.7 Å². The van der Waals surface area contributed by atoms with Crippen LogP contribution in [0.4, 0.5) is 4.79 Å². The van der Waals surface area contributed by atoms with Gasteiger partial charge >= 0.3 is 12.1 Å². The van der Waals surface area contributed by atoms with Crippen molar-refractivity contribution in [2.24, 2.45) is 0 Å². The molecule has 2 aliphatic heterocycles. The van der Waals surface area contributed by atoms with E-state index in [2.05, 4.69) is 27.7 Å². The third-order valence-corrected chi connectivity index (χ3v) is 5.50. The molecule has 1 amide bonds. The zero-order valence-corrected chi connectivity index (χ0v) is 24.2. The van der Waals surface area contributed by atoms with E-state index >= 15 is 0 Å². The molecule has 2 aliphatic rings. The summed E-state index contributed by atoms with van der Waals surface area (Å²) in [5, 5.41) is 10.2. The second kappa shape index (κ2) is 16.4. The second-order valence-corrected chi connectivity index (χ2v) is 10.5. The van der Waals surface area contributed by atoms with Crippen molar-refractivity contribution >= 4 is 12.1 Å². The Bertz CT molecular complexity index is 819. The summed E-state index contributed by atoms with van der Waals surface area (Å²) in [6.07, 6.45) is 4.80. The lowest BCUT2D eigenvalue weighted by Crippen LogP contribution is -2.46. The van der Waals surface area contributed by atoms with Gasteiger partial charge in [-0.2, -0.15) is 0 Å². The first-order chi connectivity index (χ1) is 17.5. The molecule has 0 radical (unpaired) electrons. The SMILES string of the molecule is CCC.CCC.COCCCOc1cc(C2CCC(C3CCC(=O)O3)N2C(=O)OC(C)(C)C)ccc1O. The van der Waals surface area contributed by atoms with Crippen molar-refractivity contribution in [1.82, 2.24) is 4.90 Å². The molecule has 3 atom stereocenters. The maximum atomic E-state index is 13.2. The molecule has 8 nitrogen and oxygen atoms in total. The number of esters is 1. The fourth-order valence-corrected chi connectivity index (χ4v) is 4.16. The van der Waals surface area contributed by atoms with Crippen LogP contribution in [0, 0.1) is 0 Å². The van der Waals surface area contributed by atoms with Crippen LogP contribution in [-0.4, -0.2) is 60.1 Å². The third-order valence-electron chi connectivity index (χ3n) is 5.50. The van der Waals surface area contributed by atoms with E-state index in [0.717, 1.165) is 5.56 Å². The molecule has 1 aromatic carbocycles. The zero-order valence-electron chi connectivity index (χ0n) is 24.2. The Morgan fingerprint density at radius 1 is 1.08 bits per heavy atom. The summed E-state index contributed by atoms with van der Waals surface area (Å²) < 4.78 is 21.9. The smallest absolute Gasteiger partial charge is 0.411 e. The van der Waals surface area contributed by atoms with Crippen molar-refractivity contribution in [3.05, 3.63) is 23.8 Å². The van der Waals surface area contributed by atoms with E-state index in [4.69, 9.17) is 18.9 Å². The molecule has 2 saturated heterocycles. The minimum atomic E-state index is -0.647. The molecule has 0 spiro atoms. The number of phenols is 1. The Balaban J connectivity index is 0.00000104. The molecule has 0 saturated carbocycles. The highest BCUT2D eigenvalue weighted by Gasteiger charge is 2.46. The molecular formula is C29H49NO7. The van der Waals surface area contributed by atoms with E-state index in [-0.39, 0.29) is 29.9 Å². The van der Waals surface area contributed by atoms with Crippen LogP contribution in [0.1, 0.15) is 105 Å². The van der Waals surface area contributed by atoms with Gasteiger partial charge in [-0.25, -0.2) is 4.79 Å². The maximum absolute atomic E-state index is 13.2. The van der Waals surface area contributed by atoms with E-state index in [1.165, 1.54) is 12.8 Å². The lowest BCUT2D eigenvalue weighted by molar-refractivity contribution is -0.143. The molecule has 0 aliphatic carbocycles. The first kappa shape index (κ1) is 32.5. The van der Waals surface area contributed by atoms with Gasteiger partial charge in [0.2, 0.25) is 0 Å². The quantitative estimate of drug-likeness (QED) is 0.311. The van der Waals surface area contributed by atoms with Gasteiger partial charge in [0.25, 0.3) is 0 Å². The first-order valence-corrected chi connectivity index (χ1v) is 13.7. The topological polar surface area (TPSA) is 94.5 Å². The van der Waals surface area contributed by atoms with Crippen LogP contribution in [0.15, 0.2) is 18.2 Å². The molecular weight excluding hydrogens is 474 g/mol. The zero-order chi connectivity index (χ0) is 28.0. The van der Waals surface area contributed by atoms with Gasteiger partial charge in [0.1, 0.15) is 11.7 Å². The summed E-state index contributed by atoms with van der Waals surface area (Å²) >= 11 is 0. The molecule has 37 heavy (non-hydrogen) atoms. The second-order valence-electron chi connectivity index (χ2n) is 10.5. The van der Waals surface area contributed by atoms with E-state index in [1.807, 2.05) is 20.8 Å². The molecule has 1 aromatic rings. The van der Waals surface area contributed by atoms with Gasteiger partial charge in [-0.15, -0.1) is 0 Å². The Morgan fingerprint density at radius 3 is 2.27 bits per heavy atom. The van der Waals surface area contributed by atoms with Crippen molar-refractivity contribution in [3.63, 3.8) is 0 Å². The number of carbonyl (C=O) groups excluding carboxylic acids is 2. The standard InChI is InChI=1S/C23H33NO7.2C3H8/c1-23(2,3)31-22(27)24-16(7-8-17(24)19-10-11-21(26)30-19)15-6-9-18(25)20(14-15)29-13-5-12-28-4;2*1-3-2/h6,9,14,16-17,19,25H,5,7-8,10-13H2,1-4H3;2*3H2,1-2H3. The molecule has 1 N–H and O–H groups in total. The number of ether oxygens (including phenoxy) is 4. The van der Waals surface area contributed by atoms with Gasteiger partial charge in [0.05, 0.1) is 18.7 Å². The molecule has 0 bridgehead atoms. The Hall–Kier alpha value is -2.48. The number of carbonyl (C=O) groups is 2. The van der Waals surface area contributed by atoms with Crippen molar-refractivity contribution in [3.8, 4) is 11.5 Å². The maximum Gasteiger partial charge on any atom is 0.411 e. The Labute approximate surface area is 223 Å². The molecule has 2 fully saturated rings. The fourth-order valence-electron chi connectivity index (χ4n) is 4.16. The van der Waals surface area contributed by atoms with Crippen molar-refractivity contribution in [1.29, 1.82) is 0 Å². The number of benzene rings is 1. The molecule has 3 rings (SSSR count). The van der Waals surface area contributed by atoms with Crippen molar-refractivity contribution in [2.75, 3.05) is 20.3 Å². The largest absolute Gasteiger partial charge is 0.504 e. The van der Waals surface area contributed by atoms with E-state index in [0.29, 0.717) is 51.1 Å². The van der Waals surface area contributed by atoms with Gasteiger partial charge in [-0.1, -0.05) is 46.6 Å². The lowest BCUT2D eigenvalue weighted by atomic mass is 10.0. The minimum Gasteiger partial charge on any atom is -0.504 e. The van der Waals surface area contributed by atoms with Gasteiger partial charge < -0.3 is 24.1 Å². The summed E-state index contributed by atoms with van der Waals surface area (Å²) in [6.45, 7) is 15.0. The monoisotopic (exact) mass is 523 g/mol. The number of aromatic hydroxyl groups is 1. The van der Waals surface area contributed by atoms with E-state index < -0.39 is 11.7 Å². The van der Waals surface area contributed by atoms with Crippen LogP contribution in [-0.2, 0) is 19.0 Å². The number of nitrogens with zero attached hydrogens (tertiary/aromatic N) is 1. The summed E-state index contributed by atoms with van der Waals surface area (Å²) in [6, 6.07) is 4.64. The number of amides is 1. The van der Waals surface area contributed by atoms with E-state index in [1.54, 1.807) is 30.2 Å². The van der Waals surface area contributed by atoms with E-state index in [9.17, 15) is 14.7 Å². The Morgan fingerprint density at radius 2 is 1.73 bits per heavy atom. The normalized spacial score (nSPS) is 20.8. The van der Waals surface area contributed by atoms with Crippen LogP contribution >= 0.6 is 0 Å². The number of methoxy groups -OCH3 is 1. The number of phenolic OH excluding ortho intramolecular Hbond substituents is 1.